The highest BCUT2D eigenvalue weighted by atomic mass is 19.1. The van der Waals surface area contributed by atoms with Crippen LogP contribution in [0.25, 0.3) is 0 Å². The maximum atomic E-state index is 13.4. The van der Waals surface area contributed by atoms with E-state index in [0.29, 0.717) is 6.54 Å². The first kappa shape index (κ1) is 14.0. The molecule has 0 aromatic heterocycles. The second-order valence-corrected chi connectivity index (χ2v) is 3.86. The Balaban J connectivity index is 2.72. The third-order valence-electron chi connectivity index (χ3n) is 2.26. The average molecular weight is 252 g/mol. The highest BCUT2D eigenvalue weighted by molar-refractivity contribution is 5.92. The van der Waals surface area contributed by atoms with Gasteiger partial charge in [0.15, 0.2) is 0 Å². The summed E-state index contributed by atoms with van der Waals surface area (Å²) in [4.78, 5) is 13.3. The number of carbonyl (C=O) groups excluding carboxylic acids is 1. The predicted octanol–water partition coefficient (Wildman–Crippen LogP) is 2.01. The van der Waals surface area contributed by atoms with Gasteiger partial charge in [-0.15, -0.1) is 0 Å². The quantitative estimate of drug-likeness (QED) is 0.553. The summed E-state index contributed by atoms with van der Waals surface area (Å²) in [6, 6.07) is 5.46. The van der Waals surface area contributed by atoms with Gasteiger partial charge in [0.2, 0.25) is 0 Å². The van der Waals surface area contributed by atoms with E-state index in [9.17, 15) is 9.18 Å². The Morgan fingerprint density at radius 2 is 2.17 bits per heavy atom. The van der Waals surface area contributed by atoms with Crippen LogP contribution >= 0.6 is 0 Å². The third-order valence-corrected chi connectivity index (χ3v) is 2.26. The Morgan fingerprint density at radius 3 is 2.72 bits per heavy atom. The smallest absolute Gasteiger partial charge is 0.322 e. The SMILES string of the molecule is CCCN(CC(=N)N)C(=O)Nc1ccccc1F. The van der Waals surface area contributed by atoms with E-state index < -0.39 is 11.8 Å². The lowest BCUT2D eigenvalue weighted by atomic mass is 10.3. The number of nitrogens with one attached hydrogen (secondary N) is 2. The van der Waals surface area contributed by atoms with E-state index in [1.54, 1.807) is 12.1 Å². The molecule has 0 bridgehead atoms. The molecule has 0 spiro atoms. The van der Waals surface area contributed by atoms with Gasteiger partial charge in [-0.1, -0.05) is 19.1 Å². The Bertz CT molecular complexity index is 436. The highest BCUT2D eigenvalue weighted by Gasteiger charge is 2.14. The maximum Gasteiger partial charge on any atom is 0.322 e. The summed E-state index contributed by atoms with van der Waals surface area (Å²) in [5.41, 5.74) is 5.39. The van der Waals surface area contributed by atoms with Crippen LogP contribution in [-0.2, 0) is 0 Å². The van der Waals surface area contributed by atoms with Gasteiger partial charge in [0.1, 0.15) is 11.7 Å². The number of anilines is 1. The van der Waals surface area contributed by atoms with Crippen LogP contribution in [-0.4, -0.2) is 29.9 Å². The molecule has 0 fully saturated rings. The normalized spacial score (nSPS) is 9.89. The van der Waals surface area contributed by atoms with Gasteiger partial charge in [-0.25, -0.2) is 9.18 Å². The lowest BCUT2D eigenvalue weighted by molar-refractivity contribution is 0.218. The zero-order valence-electron chi connectivity index (χ0n) is 10.2. The minimum Gasteiger partial charge on any atom is -0.386 e. The minimum atomic E-state index is -0.495. The van der Waals surface area contributed by atoms with Crippen molar-refractivity contribution in [3.63, 3.8) is 0 Å². The molecular formula is C12H17FN4O. The molecule has 6 heteroatoms. The molecule has 18 heavy (non-hydrogen) atoms. The third kappa shape index (κ3) is 4.04. The van der Waals surface area contributed by atoms with Gasteiger partial charge in [0, 0.05) is 6.54 Å². The number of benzene rings is 1. The van der Waals surface area contributed by atoms with Gasteiger partial charge in [-0.2, -0.15) is 0 Å². The topological polar surface area (TPSA) is 82.2 Å². The summed E-state index contributed by atoms with van der Waals surface area (Å²) in [6.07, 6.45) is 0.734. The van der Waals surface area contributed by atoms with Crippen LogP contribution in [0.4, 0.5) is 14.9 Å². The summed E-state index contributed by atoms with van der Waals surface area (Å²) >= 11 is 0. The minimum absolute atomic E-state index is 0.0358. The van der Waals surface area contributed by atoms with E-state index in [-0.39, 0.29) is 18.1 Å². The molecule has 0 atom stereocenters. The van der Waals surface area contributed by atoms with E-state index in [1.165, 1.54) is 17.0 Å². The second-order valence-electron chi connectivity index (χ2n) is 3.86. The largest absolute Gasteiger partial charge is 0.386 e. The van der Waals surface area contributed by atoms with Crippen molar-refractivity contribution in [2.24, 2.45) is 5.73 Å². The van der Waals surface area contributed by atoms with Crippen molar-refractivity contribution in [2.75, 3.05) is 18.4 Å². The monoisotopic (exact) mass is 252 g/mol. The molecule has 0 saturated carbocycles. The number of nitrogens with two attached hydrogens (primary N) is 1. The van der Waals surface area contributed by atoms with Crippen LogP contribution in [0.1, 0.15) is 13.3 Å². The number of hydrogen-bond acceptors (Lipinski definition) is 2. The summed E-state index contributed by atoms with van der Waals surface area (Å²) in [6.45, 7) is 2.40. The van der Waals surface area contributed by atoms with Crippen LogP contribution < -0.4 is 11.1 Å². The molecule has 98 valence electrons. The van der Waals surface area contributed by atoms with E-state index in [1.807, 2.05) is 6.92 Å². The van der Waals surface area contributed by atoms with Crippen molar-refractivity contribution < 1.29 is 9.18 Å². The zero-order chi connectivity index (χ0) is 13.5. The number of nitrogens with zero attached hydrogens (tertiary/aromatic N) is 1. The van der Waals surface area contributed by atoms with Crippen molar-refractivity contribution in [2.45, 2.75) is 13.3 Å². The maximum absolute atomic E-state index is 13.4. The molecule has 1 aromatic carbocycles. The molecule has 0 radical (unpaired) electrons. The van der Waals surface area contributed by atoms with Gasteiger partial charge in [-0.05, 0) is 18.6 Å². The van der Waals surface area contributed by atoms with Gasteiger partial charge >= 0.3 is 6.03 Å². The molecule has 1 aromatic rings. The fourth-order valence-corrected chi connectivity index (χ4v) is 1.48. The first-order valence-electron chi connectivity index (χ1n) is 5.68. The molecule has 2 amide bonds. The summed E-state index contributed by atoms with van der Waals surface area (Å²) < 4.78 is 13.4. The number of amidine groups is 1. The van der Waals surface area contributed by atoms with E-state index in [0.717, 1.165) is 6.42 Å². The molecule has 4 N–H and O–H groups in total. The molecular weight excluding hydrogens is 235 g/mol. The molecule has 5 nitrogen and oxygen atoms in total. The first-order chi connectivity index (χ1) is 8.54. The van der Waals surface area contributed by atoms with Crippen molar-refractivity contribution in [1.29, 1.82) is 5.41 Å². The van der Waals surface area contributed by atoms with Crippen molar-refractivity contribution >= 4 is 17.6 Å². The zero-order valence-corrected chi connectivity index (χ0v) is 10.2. The van der Waals surface area contributed by atoms with Crippen LogP contribution in [0.15, 0.2) is 24.3 Å². The number of amides is 2. The fraction of sp³-hybridized carbons (Fsp3) is 0.333. The summed E-state index contributed by atoms with van der Waals surface area (Å²) in [7, 11) is 0. The Hall–Kier alpha value is -2.11. The van der Waals surface area contributed by atoms with Crippen LogP contribution in [0.5, 0.6) is 0 Å². The van der Waals surface area contributed by atoms with Crippen LogP contribution in [0.2, 0.25) is 0 Å². The predicted molar refractivity (Wildman–Crippen MR) is 69.2 cm³/mol. The van der Waals surface area contributed by atoms with Gasteiger partial charge in [0.25, 0.3) is 0 Å². The van der Waals surface area contributed by atoms with Crippen molar-refractivity contribution in [3.8, 4) is 0 Å². The van der Waals surface area contributed by atoms with Crippen LogP contribution in [0.3, 0.4) is 0 Å². The number of hydrogen-bond donors (Lipinski definition) is 3. The molecule has 0 aliphatic carbocycles. The Morgan fingerprint density at radius 1 is 1.50 bits per heavy atom. The first-order valence-corrected chi connectivity index (χ1v) is 5.68. The van der Waals surface area contributed by atoms with Crippen molar-refractivity contribution in [1.82, 2.24) is 4.90 Å². The Labute approximate surface area is 105 Å². The lowest BCUT2D eigenvalue weighted by Gasteiger charge is -2.21. The second kappa shape index (κ2) is 6.58. The number of halogens is 1. The standard InChI is InChI=1S/C12H17FN4O/c1-2-7-17(8-11(14)15)12(18)16-10-6-4-3-5-9(10)13/h3-6H,2,7-8H2,1H3,(H3,14,15)(H,16,18). The van der Waals surface area contributed by atoms with E-state index >= 15 is 0 Å². The summed E-state index contributed by atoms with van der Waals surface area (Å²) in [5.74, 6) is -0.600. The van der Waals surface area contributed by atoms with Gasteiger partial charge in [-0.3, -0.25) is 5.41 Å². The van der Waals surface area contributed by atoms with Gasteiger partial charge < -0.3 is 16.0 Å². The van der Waals surface area contributed by atoms with Crippen molar-refractivity contribution in [3.05, 3.63) is 30.1 Å². The molecule has 1 rings (SSSR count). The molecule has 0 heterocycles. The number of urea groups is 1. The average Bonchev–Trinajstić information content (AvgIpc) is 2.31. The lowest BCUT2D eigenvalue weighted by Crippen LogP contribution is -2.41. The molecule has 0 unspecified atom stereocenters. The highest BCUT2D eigenvalue weighted by Crippen LogP contribution is 2.13. The summed E-state index contributed by atoms with van der Waals surface area (Å²) in [5, 5.41) is 9.66. The Kier molecular flexibility index (Phi) is 5.10. The van der Waals surface area contributed by atoms with Gasteiger partial charge in [0.05, 0.1) is 12.2 Å². The molecule has 0 aliphatic rings. The number of rotatable bonds is 5. The number of para-hydroxylation sites is 1. The molecule has 0 saturated heterocycles. The number of carbonyl (C=O) groups is 1. The van der Waals surface area contributed by atoms with E-state index in [2.05, 4.69) is 5.32 Å². The molecule has 0 aliphatic heterocycles. The van der Waals surface area contributed by atoms with Crippen LogP contribution in [0, 0.1) is 11.2 Å². The van der Waals surface area contributed by atoms with E-state index in [4.69, 9.17) is 11.1 Å². The fourth-order valence-electron chi connectivity index (χ4n) is 1.48.